The number of thiol groups is 1. The van der Waals surface area contributed by atoms with Crippen molar-refractivity contribution in [3.8, 4) is 0 Å². The van der Waals surface area contributed by atoms with Crippen LogP contribution in [0.5, 0.6) is 0 Å². The van der Waals surface area contributed by atoms with Gasteiger partial charge in [-0.1, -0.05) is 0 Å². The molecule has 0 bridgehead atoms. The fraction of sp³-hybridized carbons (Fsp3) is 1.00. The van der Waals surface area contributed by atoms with E-state index in [-0.39, 0.29) is 0 Å². The molecule has 1 heterocycles. The lowest BCUT2D eigenvalue weighted by Gasteiger charge is -2.22. The van der Waals surface area contributed by atoms with Gasteiger partial charge in [0.1, 0.15) is 0 Å². The van der Waals surface area contributed by atoms with Crippen molar-refractivity contribution in [1.29, 1.82) is 0 Å². The van der Waals surface area contributed by atoms with Crippen molar-refractivity contribution in [1.82, 2.24) is 4.90 Å². The standard InChI is InChI=1S/C10H19NS/c1-11-5-4-10(8-11)3-2-9(6-10)7-12/h9,12H,2-8H2,1H3/t9-,10-/m0/s1. The number of rotatable bonds is 1. The highest BCUT2D eigenvalue weighted by Gasteiger charge is 2.42. The third kappa shape index (κ3) is 1.51. The van der Waals surface area contributed by atoms with E-state index in [4.69, 9.17) is 0 Å². The first kappa shape index (κ1) is 8.89. The van der Waals surface area contributed by atoms with Gasteiger partial charge < -0.3 is 4.90 Å². The molecule has 1 saturated carbocycles. The van der Waals surface area contributed by atoms with E-state index in [9.17, 15) is 0 Å². The lowest BCUT2D eigenvalue weighted by molar-refractivity contribution is 0.282. The maximum Gasteiger partial charge on any atom is 0.00355 e. The van der Waals surface area contributed by atoms with Crippen LogP contribution in [0.4, 0.5) is 0 Å². The molecule has 2 atom stereocenters. The Hall–Kier alpha value is 0.310. The number of likely N-dealkylation sites (tertiary alicyclic amines) is 1. The Labute approximate surface area is 80.9 Å². The summed E-state index contributed by atoms with van der Waals surface area (Å²) in [6.45, 7) is 2.66. The second-order valence-electron chi connectivity index (χ2n) is 4.78. The zero-order valence-corrected chi connectivity index (χ0v) is 8.82. The van der Waals surface area contributed by atoms with Crippen molar-refractivity contribution in [2.24, 2.45) is 11.3 Å². The smallest absolute Gasteiger partial charge is 0.00355 e. The Morgan fingerprint density at radius 2 is 2.33 bits per heavy atom. The Morgan fingerprint density at radius 3 is 2.83 bits per heavy atom. The van der Waals surface area contributed by atoms with Crippen LogP contribution >= 0.6 is 12.6 Å². The maximum atomic E-state index is 4.40. The largest absolute Gasteiger partial charge is 0.306 e. The highest BCUT2D eigenvalue weighted by Crippen LogP contribution is 2.47. The molecule has 2 aliphatic rings. The first-order chi connectivity index (χ1) is 5.74. The molecule has 1 aliphatic heterocycles. The third-order valence-corrected chi connectivity index (χ3v) is 4.21. The molecular formula is C10H19NS. The summed E-state index contributed by atoms with van der Waals surface area (Å²) in [5, 5.41) is 0. The number of hydrogen-bond donors (Lipinski definition) is 1. The van der Waals surface area contributed by atoms with Crippen LogP contribution in [-0.2, 0) is 0 Å². The molecular weight excluding hydrogens is 166 g/mol. The Bertz CT molecular complexity index is 171. The van der Waals surface area contributed by atoms with E-state index < -0.39 is 0 Å². The molecule has 2 heteroatoms. The van der Waals surface area contributed by atoms with E-state index in [1.165, 1.54) is 38.8 Å². The molecule has 1 spiro atoms. The molecule has 0 aromatic carbocycles. The topological polar surface area (TPSA) is 3.24 Å². The van der Waals surface area contributed by atoms with Crippen LogP contribution in [0.3, 0.4) is 0 Å². The van der Waals surface area contributed by atoms with Gasteiger partial charge in [0.05, 0.1) is 0 Å². The average molecular weight is 185 g/mol. The minimum Gasteiger partial charge on any atom is -0.306 e. The molecule has 1 aliphatic carbocycles. The summed E-state index contributed by atoms with van der Waals surface area (Å²) in [5.41, 5.74) is 0.710. The van der Waals surface area contributed by atoms with Crippen LogP contribution in [0.1, 0.15) is 25.7 Å². The van der Waals surface area contributed by atoms with E-state index >= 15 is 0 Å². The van der Waals surface area contributed by atoms with Crippen molar-refractivity contribution in [3.05, 3.63) is 0 Å². The van der Waals surface area contributed by atoms with Crippen molar-refractivity contribution in [2.75, 3.05) is 25.9 Å². The normalized spacial score (nSPS) is 43.0. The molecule has 0 unspecified atom stereocenters. The SMILES string of the molecule is CN1CC[C@]2(CC[C@H](CS)C2)C1. The summed E-state index contributed by atoms with van der Waals surface area (Å²) in [6.07, 6.45) is 5.77. The van der Waals surface area contributed by atoms with Crippen LogP contribution in [0.15, 0.2) is 0 Å². The van der Waals surface area contributed by atoms with Gasteiger partial charge in [0.15, 0.2) is 0 Å². The molecule has 0 aromatic heterocycles. The Kier molecular flexibility index (Phi) is 2.39. The monoisotopic (exact) mass is 185 g/mol. The van der Waals surface area contributed by atoms with Gasteiger partial charge in [0, 0.05) is 6.54 Å². The van der Waals surface area contributed by atoms with E-state index in [2.05, 4.69) is 24.6 Å². The second-order valence-corrected chi connectivity index (χ2v) is 5.14. The van der Waals surface area contributed by atoms with E-state index in [0.29, 0.717) is 5.41 Å². The van der Waals surface area contributed by atoms with E-state index in [1.54, 1.807) is 0 Å². The lowest BCUT2D eigenvalue weighted by Crippen LogP contribution is -2.22. The summed E-state index contributed by atoms with van der Waals surface area (Å²) in [6, 6.07) is 0. The maximum absolute atomic E-state index is 4.40. The van der Waals surface area contributed by atoms with Gasteiger partial charge in [-0.05, 0) is 56.4 Å². The van der Waals surface area contributed by atoms with Gasteiger partial charge in [-0.25, -0.2) is 0 Å². The van der Waals surface area contributed by atoms with Crippen LogP contribution in [-0.4, -0.2) is 30.8 Å². The Balaban J connectivity index is 1.97. The molecule has 0 radical (unpaired) electrons. The van der Waals surface area contributed by atoms with Gasteiger partial charge in [-0.3, -0.25) is 0 Å². The summed E-state index contributed by atoms with van der Waals surface area (Å²) < 4.78 is 0. The zero-order chi connectivity index (χ0) is 8.60. The fourth-order valence-corrected chi connectivity index (χ4v) is 3.32. The fourth-order valence-electron chi connectivity index (χ4n) is 3.01. The molecule has 0 aromatic rings. The molecule has 0 N–H and O–H groups in total. The van der Waals surface area contributed by atoms with Crippen molar-refractivity contribution in [3.63, 3.8) is 0 Å². The zero-order valence-electron chi connectivity index (χ0n) is 7.92. The second kappa shape index (κ2) is 3.22. The molecule has 0 amide bonds. The molecule has 70 valence electrons. The predicted molar refractivity (Wildman–Crippen MR) is 55.7 cm³/mol. The molecule has 2 fully saturated rings. The highest BCUT2D eigenvalue weighted by molar-refractivity contribution is 7.80. The van der Waals surface area contributed by atoms with Gasteiger partial charge in [-0.2, -0.15) is 12.6 Å². The molecule has 12 heavy (non-hydrogen) atoms. The minimum absolute atomic E-state index is 0.710. The van der Waals surface area contributed by atoms with Gasteiger partial charge in [-0.15, -0.1) is 0 Å². The average Bonchev–Trinajstić information content (AvgIpc) is 2.61. The van der Waals surface area contributed by atoms with E-state index in [0.717, 1.165) is 11.7 Å². The number of nitrogens with zero attached hydrogens (tertiary/aromatic N) is 1. The predicted octanol–water partition coefficient (Wildman–Crippen LogP) is 2.04. The third-order valence-electron chi connectivity index (χ3n) is 3.69. The van der Waals surface area contributed by atoms with Crippen LogP contribution in [0, 0.1) is 11.3 Å². The first-order valence-electron chi connectivity index (χ1n) is 5.03. The summed E-state index contributed by atoms with van der Waals surface area (Å²) in [5.74, 6) is 2.02. The van der Waals surface area contributed by atoms with Gasteiger partial charge in [0.25, 0.3) is 0 Å². The van der Waals surface area contributed by atoms with Crippen LogP contribution in [0.25, 0.3) is 0 Å². The van der Waals surface area contributed by atoms with Gasteiger partial charge in [0.2, 0.25) is 0 Å². The van der Waals surface area contributed by atoms with Crippen LogP contribution < -0.4 is 0 Å². The summed E-state index contributed by atoms with van der Waals surface area (Å²) >= 11 is 4.40. The minimum atomic E-state index is 0.710. The highest BCUT2D eigenvalue weighted by atomic mass is 32.1. The molecule has 1 saturated heterocycles. The molecule has 1 nitrogen and oxygen atoms in total. The van der Waals surface area contributed by atoms with Crippen LogP contribution in [0.2, 0.25) is 0 Å². The first-order valence-corrected chi connectivity index (χ1v) is 5.67. The lowest BCUT2D eigenvalue weighted by atomic mass is 9.85. The van der Waals surface area contributed by atoms with E-state index in [1.807, 2.05) is 0 Å². The quantitative estimate of drug-likeness (QED) is 0.612. The summed E-state index contributed by atoms with van der Waals surface area (Å²) in [7, 11) is 2.25. The Morgan fingerprint density at radius 1 is 1.50 bits per heavy atom. The van der Waals surface area contributed by atoms with Crippen molar-refractivity contribution < 1.29 is 0 Å². The summed E-state index contributed by atoms with van der Waals surface area (Å²) in [4.78, 5) is 2.49. The number of hydrogen-bond acceptors (Lipinski definition) is 2. The van der Waals surface area contributed by atoms with Crippen molar-refractivity contribution >= 4 is 12.6 Å². The van der Waals surface area contributed by atoms with Gasteiger partial charge >= 0.3 is 0 Å². The molecule has 2 rings (SSSR count). The van der Waals surface area contributed by atoms with Crippen molar-refractivity contribution in [2.45, 2.75) is 25.7 Å².